The Balaban J connectivity index is 1.58. The summed E-state index contributed by atoms with van der Waals surface area (Å²) in [4.78, 5) is 14.9. The van der Waals surface area contributed by atoms with E-state index in [2.05, 4.69) is 23.3 Å². The van der Waals surface area contributed by atoms with Gasteiger partial charge in [-0.25, -0.2) is 8.42 Å². The van der Waals surface area contributed by atoms with Crippen molar-refractivity contribution < 1.29 is 13.2 Å². The van der Waals surface area contributed by atoms with Crippen molar-refractivity contribution in [3.8, 4) is 0 Å². The van der Waals surface area contributed by atoms with Crippen LogP contribution < -0.4 is 0 Å². The topological polar surface area (TPSA) is 62.6 Å². The van der Waals surface area contributed by atoms with Gasteiger partial charge in [-0.3, -0.25) is 9.69 Å². The zero-order valence-corrected chi connectivity index (χ0v) is 19.5. The second-order valence-corrected chi connectivity index (χ2v) is 10.6. The monoisotopic (exact) mass is 431 g/mol. The van der Waals surface area contributed by atoms with Crippen molar-refractivity contribution in [3.63, 3.8) is 0 Å². The first-order valence-corrected chi connectivity index (χ1v) is 12.2. The number of hydrogen-bond acceptors (Lipinski definition) is 4. The summed E-state index contributed by atoms with van der Waals surface area (Å²) in [5, 5.41) is 0. The fourth-order valence-electron chi connectivity index (χ4n) is 4.29. The van der Waals surface area contributed by atoms with Crippen molar-refractivity contribution in [3.05, 3.63) is 58.4 Å². The molecule has 0 radical (unpaired) electrons. The summed E-state index contributed by atoms with van der Waals surface area (Å²) < 4.78 is 29.3. The molecular formula is C23H33N3O3S. The highest BCUT2D eigenvalue weighted by atomic mass is 32.2. The number of aromatic nitrogens is 1. The van der Waals surface area contributed by atoms with E-state index < -0.39 is 10.0 Å². The molecule has 1 aromatic carbocycles. The number of Topliss-reactive ketones (excluding diaryl/α,β-unsaturated/α-hetero) is 1. The molecule has 30 heavy (non-hydrogen) atoms. The summed E-state index contributed by atoms with van der Waals surface area (Å²) in [6.07, 6.45) is 0. The number of ketones is 1. The summed E-state index contributed by atoms with van der Waals surface area (Å²) in [6, 6.07) is 9.90. The first-order chi connectivity index (χ1) is 14.1. The number of carbonyl (C=O) groups is 1. The maximum absolute atomic E-state index is 12.9. The van der Waals surface area contributed by atoms with E-state index in [4.69, 9.17) is 0 Å². The van der Waals surface area contributed by atoms with Crippen molar-refractivity contribution >= 4 is 15.8 Å². The van der Waals surface area contributed by atoms with Crippen molar-refractivity contribution in [2.75, 3.05) is 32.7 Å². The molecule has 164 valence electrons. The molecule has 0 N–H and O–H groups in total. The Labute approximate surface area is 180 Å². The van der Waals surface area contributed by atoms with Crippen molar-refractivity contribution in [1.82, 2.24) is 13.8 Å². The molecule has 2 aromatic rings. The Kier molecular flexibility index (Phi) is 6.84. The first-order valence-electron chi connectivity index (χ1n) is 10.6. The van der Waals surface area contributed by atoms with E-state index in [1.54, 1.807) is 4.31 Å². The van der Waals surface area contributed by atoms with Gasteiger partial charge in [0.15, 0.2) is 5.78 Å². The highest BCUT2D eigenvalue weighted by Gasteiger charge is 2.28. The smallest absolute Gasteiger partial charge is 0.218 e. The van der Waals surface area contributed by atoms with Crippen LogP contribution in [0, 0.1) is 20.8 Å². The highest BCUT2D eigenvalue weighted by Crippen LogP contribution is 2.21. The molecule has 1 aromatic heterocycles. The third-order valence-electron chi connectivity index (χ3n) is 5.86. The molecule has 0 spiro atoms. The molecule has 0 saturated carbocycles. The van der Waals surface area contributed by atoms with Gasteiger partial charge >= 0.3 is 0 Å². The number of carbonyl (C=O) groups excluding carboxylic acids is 1. The lowest BCUT2D eigenvalue weighted by Crippen LogP contribution is -2.50. The van der Waals surface area contributed by atoms with E-state index in [9.17, 15) is 13.2 Å². The van der Waals surface area contributed by atoms with E-state index in [1.807, 2.05) is 51.1 Å². The number of rotatable bonds is 7. The van der Waals surface area contributed by atoms with E-state index in [0.717, 1.165) is 28.1 Å². The highest BCUT2D eigenvalue weighted by molar-refractivity contribution is 7.88. The number of aryl methyl sites for hydroxylation is 2. The average molecular weight is 432 g/mol. The molecule has 2 heterocycles. The van der Waals surface area contributed by atoms with E-state index in [0.29, 0.717) is 38.8 Å². The molecule has 0 bridgehead atoms. The van der Waals surface area contributed by atoms with Crippen LogP contribution in [0.15, 0.2) is 30.3 Å². The van der Waals surface area contributed by atoms with Gasteiger partial charge in [0.05, 0.1) is 12.3 Å². The lowest BCUT2D eigenvalue weighted by atomic mass is 10.1. The van der Waals surface area contributed by atoms with Gasteiger partial charge in [0.2, 0.25) is 10.0 Å². The van der Waals surface area contributed by atoms with Crippen LogP contribution >= 0.6 is 0 Å². The molecular weight excluding hydrogens is 398 g/mol. The number of sulfonamides is 1. The Morgan fingerprint density at radius 1 is 1.00 bits per heavy atom. The Morgan fingerprint density at radius 3 is 2.13 bits per heavy atom. The molecule has 0 amide bonds. The molecule has 1 aliphatic heterocycles. The van der Waals surface area contributed by atoms with Crippen LogP contribution in [0.5, 0.6) is 0 Å². The maximum atomic E-state index is 12.9. The van der Waals surface area contributed by atoms with Crippen LogP contribution in [0.3, 0.4) is 0 Å². The zero-order chi connectivity index (χ0) is 22.1. The predicted octanol–water partition coefficient (Wildman–Crippen LogP) is 3.32. The molecule has 0 atom stereocenters. The Bertz CT molecular complexity index is 999. The minimum absolute atomic E-state index is 0.0212. The second-order valence-electron chi connectivity index (χ2n) is 8.59. The molecule has 6 nitrogen and oxygen atoms in total. The minimum Gasteiger partial charge on any atom is -0.346 e. The fourth-order valence-corrected chi connectivity index (χ4v) is 5.81. The Hall–Kier alpha value is -1.96. The summed E-state index contributed by atoms with van der Waals surface area (Å²) >= 11 is 0. The molecule has 0 unspecified atom stereocenters. The quantitative estimate of drug-likeness (QED) is 0.631. The van der Waals surface area contributed by atoms with Gasteiger partial charge in [-0.2, -0.15) is 4.31 Å². The minimum atomic E-state index is -3.35. The first kappa shape index (κ1) is 22.7. The van der Waals surface area contributed by atoms with Crippen LogP contribution in [-0.4, -0.2) is 60.7 Å². The van der Waals surface area contributed by atoms with E-state index >= 15 is 0 Å². The van der Waals surface area contributed by atoms with Gasteiger partial charge in [-0.15, -0.1) is 0 Å². The SMILES string of the molecule is Cc1ccc(CS(=O)(=O)N2CCN(CC(=O)c3cc(C)n(C(C)C)c3C)CC2)cc1. The molecule has 1 saturated heterocycles. The summed E-state index contributed by atoms with van der Waals surface area (Å²) in [6.45, 7) is 12.6. The molecule has 0 aliphatic carbocycles. The fraction of sp³-hybridized carbons (Fsp3) is 0.522. The Morgan fingerprint density at radius 2 is 1.60 bits per heavy atom. The number of nitrogens with zero attached hydrogens (tertiary/aromatic N) is 3. The van der Waals surface area contributed by atoms with Crippen LogP contribution in [-0.2, 0) is 15.8 Å². The molecule has 1 aliphatic rings. The lowest BCUT2D eigenvalue weighted by molar-refractivity contribution is 0.0901. The normalized spacial score (nSPS) is 16.3. The zero-order valence-electron chi connectivity index (χ0n) is 18.7. The van der Waals surface area contributed by atoms with Gasteiger partial charge in [0, 0.05) is 49.2 Å². The van der Waals surface area contributed by atoms with Crippen molar-refractivity contribution in [1.29, 1.82) is 0 Å². The summed E-state index contributed by atoms with van der Waals surface area (Å²) in [5.41, 5.74) is 4.79. The van der Waals surface area contributed by atoms with Gasteiger partial charge < -0.3 is 4.57 Å². The average Bonchev–Trinajstić information content (AvgIpc) is 2.98. The summed E-state index contributed by atoms with van der Waals surface area (Å²) in [7, 11) is -3.35. The van der Waals surface area contributed by atoms with Crippen molar-refractivity contribution in [2.45, 2.75) is 46.4 Å². The third kappa shape index (κ3) is 5.02. The summed E-state index contributed by atoms with van der Waals surface area (Å²) in [5.74, 6) is 0.124. The number of hydrogen-bond donors (Lipinski definition) is 0. The molecule has 7 heteroatoms. The third-order valence-corrected chi connectivity index (χ3v) is 7.71. The number of benzene rings is 1. The van der Waals surface area contributed by atoms with E-state index in [-0.39, 0.29) is 11.5 Å². The van der Waals surface area contributed by atoms with E-state index in [1.165, 1.54) is 0 Å². The van der Waals surface area contributed by atoms with Crippen LogP contribution in [0.4, 0.5) is 0 Å². The molecule has 1 fully saturated rings. The van der Waals surface area contributed by atoms with Gasteiger partial charge in [0.1, 0.15) is 0 Å². The standard InChI is InChI=1S/C23H33N3O3S/c1-17(2)26-19(4)14-22(20(26)5)23(27)15-24-10-12-25(13-11-24)30(28,29)16-21-8-6-18(3)7-9-21/h6-9,14,17H,10-13,15-16H2,1-5H3. The van der Waals surface area contributed by atoms with Gasteiger partial charge in [0.25, 0.3) is 0 Å². The van der Waals surface area contributed by atoms with Crippen LogP contribution in [0.25, 0.3) is 0 Å². The van der Waals surface area contributed by atoms with Gasteiger partial charge in [-0.1, -0.05) is 29.8 Å². The van der Waals surface area contributed by atoms with Crippen LogP contribution in [0.2, 0.25) is 0 Å². The second kappa shape index (κ2) is 9.04. The van der Waals surface area contributed by atoms with Crippen LogP contribution in [0.1, 0.15) is 52.8 Å². The predicted molar refractivity (Wildman–Crippen MR) is 120 cm³/mol. The largest absolute Gasteiger partial charge is 0.346 e. The number of piperazine rings is 1. The van der Waals surface area contributed by atoms with Crippen molar-refractivity contribution in [2.24, 2.45) is 0 Å². The molecule has 3 rings (SSSR count). The maximum Gasteiger partial charge on any atom is 0.218 e. The van der Waals surface area contributed by atoms with Gasteiger partial charge in [-0.05, 0) is 46.2 Å². The lowest BCUT2D eigenvalue weighted by Gasteiger charge is -2.33.